The smallest absolute Gasteiger partial charge is 0.163 e. The van der Waals surface area contributed by atoms with Crippen molar-refractivity contribution in [3.63, 3.8) is 0 Å². The molecule has 7 heteroatoms. The fourth-order valence-electron chi connectivity index (χ4n) is 1.07. The van der Waals surface area contributed by atoms with Gasteiger partial charge in [0.05, 0.1) is 5.69 Å². The summed E-state index contributed by atoms with van der Waals surface area (Å²) in [6.07, 6.45) is 0. The molecule has 0 aliphatic heterocycles. The zero-order valence-electron chi connectivity index (χ0n) is 8.63. The largest absolute Gasteiger partial charge is 0.343 e. The van der Waals surface area contributed by atoms with E-state index in [-0.39, 0.29) is 11.3 Å². The molecule has 88 valence electrons. The molecule has 0 aliphatic carbocycles. The quantitative estimate of drug-likeness (QED) is 0.470. The fraction of sp³-hybridized carbons (Fsp3) is 0. The number of halogens is 3. The molecule has 0 saturated carbocycles. The van der Waals surface area contributed by atoms with Gasteiger partial charge < -0.3 is 5.32 Å². The molecule has 0 atom stereocenters. The van der Waals surface area contributed by atoms with Gasteiger partial charge in [-0.15, -0.1) is 0 Å². The minimum Gasteiger partial charge on any atom is -0.343 e. The normalized spacial score (nSPS) is 8.67. The van der Waals surface area contributed by atoms with Gasteiger partial charge in [0.2, 0.25) is 0 Å². The predicted molar refractivity (Wildman–Crippen MR) is 87.1 cm³/mol. The first-order valence-electron chi connectivity index (χ1n) is 4.39. The third-order valence-corrected chi connectivity index (χ3v) is 4.00. The molecule has 18 heavy (non-hydrogen) atoms. The second-order valence-electron chi connectivity index (χ2n) is 2.95. The van der Waals surface area contributed by atoms with Crippen LogP contribution in [0.5, 0.6) is 0 Å². The van der Waals surface area contributed by atoms with E-state index < -0.39 is 0 Å². The second kappa shape index (κ2) is 6.93. The van der Waals surface area contributed by atoms with Crippen LogP contribution in [0, 0.1) is 41.1 Å². The lowest BCUT2D eigenvalue weighted by atomic mass is 10.2. The molecule has 1 rings (SSSR count). The monoisotopic (exact) mass is 524 g/mol. The molecule has 0 heterocycles. The molecule has 0 aromatic heterocycles. The van der Waals surface area contributed by atoms with Crippen molar-refractivity contribution < 1.29 is 0 Å². The Labute approximate surface area is 140 Å². The van der Waals surface area contributed by atoms with E-state index in [1.54, 1.807) is 12.1 Å². The van der Waals surface area contributed by atoms with Gasteiger partial charge in [-0.05, 0) is 57.3 Å². The third-order valence-electron chi connectivity index (χ3n) is 1.84. The third kappa shape index (κ3) is 3.58. The van der Waals surface area contributed by atoms with Gasteiger partial charge in [0, 0.05) is 11.6 Å². The van der Waals surface area contributed by atoms with E-state index >= 15 is 0 Å². The van der Waals surface area contributed by atoms with Gasteiger partial charge >= 0.3 is 0 Å². The lowest BCUT2D eigenvalue weighted by molar-refractivity contribution is 1.36. The lowest BCUT2D eigenvalue weighted by Crippen LogP contribution is -2.04. The van der Waals surface area contributed by atoms with Gasteiger partial charge in [-0.3, -0.25) is 0 Å². The molecule has 1 aromatic carbocycles. The summed E-state index contributed by atoms with van der Waals surface area (Å²) in [6, 6.07) is 8.96. The molecule has 0 fully saturated rings. The van der Waals surface area contributed by atoms with Crippen molar-refractivity contribution in [1.29, 1.82) is 15.8 Å². The second-order valence-corrected chi connectivity index (χ2v) is 6.19. The molecule has 0 aliphatic rings. The van der Waals surface area contributed by atoms with Crippen LogP contribution in [0.1, 0.15) is 0 Å². The van der Waals surface area contributed by atoms with E-state index in [0.717, 1.165) is 11.6 Å². The van der Waals surface area contributed by atoms with E-state index in [1.807, 2.05) is 18.2 Å². The number of hydrogen-bond acceptors (Lipinski definition) is 4. The van der Waals surface area contributed by atoms with E-state index in [4.69, 9.17) is 15.8 Å². The summed E-state index contributed by atoms with van der Waals surface area (Å²) < 4.78 is 2.69. The van der Waals surface area contributed by atoms with Crippen molar-refractivity contribution in [1.82, 2.24) is 0 Å². The first-order chi connectivity index (χ1) is 8.53. The van der Waals surface area contributed by atoms with Crippen LogP contribution in [0.25, 0.3) is 0 Å². The van der Waals surface area contributed by atoms with E-state index in [9.17, 15) is 0 Å². The fourth-order valence-corrected chi connectivity index (χ4v) is 4.42. The van der Waals surface area contributed by atoms with Gasteiger partial charge in [0.25, 0.3) is 0 Å². The molecule has 0 bridgehead atoms. The highest BCUT2D eigenvalue weighted by Crippen LogP contribution is 2.30. The minimum absolute atomic E-state index is 0.0434. The number of benzene rings is 1. The number of nitrogens with zero attached hydrogens (tertiary/aromatic N) is 3. The van der Waals surface area contributed by atoms with Gasteiger partial charge in [-0.25, -0.2) is 0 Å². The topological polar surface area (TPSA) is 83.4 Å². The van der Waals surface area contributed by atoms with Crippen molar-refractivity contribution in [2.45, 2.75) is 0 Å². The van der Waals surface area contributed by atoms with Crippen LogP contribution in [0.4, 0.5) is 5.69 Å². The van der Waals surface area contributed by atoms with Crippen molar-refractivity contribution >= 4 is 66.8 Å². The maximum atomic E-state index is 8.97. The zero-order valence-corrected chi connectivity index (χ0v) is 14.5. The Kier molecular flexibility index (Phi) is 5.86. The summed E-state index contributed by atoms with van der Waals surface area (Å²) in [5, 5.41) is 29.3. The van der Waals surface area contributed by atoms with Crippen LogP contribution in [0.3, 0.4) is 0 Å². The Balaban J connectivity index is 3.30. The summed E-state index contributed by atoms with van der Waals surface area (Å²) in [5.74, 6) is 0. The molecule has 0 unspecified atom stereocenters. The Hall–Kier alpha value is -0.830. The molecule has 0 saturated heterocycles. The first kappa shape index (κ1) is 15.2. The van der Waals surface area contributed by atoms with E-state index in [0.29, 0.717) is 5.69 Å². The van der Waals surface area contributed by atoms with Gasteiger partial charge in [-0.2, -0.15) is 15.8 Å². The average molecular weight is 525 g/mol. The molecule has 0 spiro atoms. The van der Waals surface area contributed by atoms with Crippen molar-refractivity contribution in [3.8, 4) is 18.2 Å². The molecular formula is C11H3BrI2N4. The highest BCUT2D eigenvalue weighted by molar-refractivity contribution is 14.1. The number of nitriles is 3. The highest BCUT2D eigenvalue weighted by Gasteiger charge is 2.11. The van der Waals surface area contributed by atoms with E-state index in [2.05, 4.69) is 66.4 Å². The standard InChI is InChI=1S/C11H3BrI2N4/c12-7-1-8(13)11(9(14)2-7)18-10(5-17)6(3-15)4-16/h1-2,18H. The van der Waals surface area contributed by atoms with Gasteiger partial charge in [0.15, 0.2) is 5.57 Å². The number of anilines is 1. The average Bonchev–Trinajstić information content (AvgIpc) is 2.32. The van der Waals surface area contributed by atoms with Gasteiger partial charge in [-0.1, -0.05) is 15.9 Å². The Morgan fingerprint density at radius 1 is 1.06 bits per heavy atom. The number of allylic oxidation sites excluding steroid dienone is 2. The number of hydrogen-bond donors (Lipinski definition) is 1. The SMILES string of the molecule is N#CC(C#N)=C(C#N)Nc1c(I)cc(Br)cc1I. The van der Waals surface area contributed by atoms with Crippen molar-refractivity contribution in [2.24, 2.45) is 0 Å². The van der Waals surface area contributed by atoms with Crippen LogP contribution in [0.15, 0.2) is 27.9 Å². The Morgan fingerprint density at radius 3 is 1.94 bits per heavy atom. The zero-order chi connectivity index (χ0) is 13.7. The summed E-state index contributed by atoms with van der Waals surface area (Å²) in [6.45, 7) is 0. The number of nitrogens with one attached hydrogen (secondary N) is 1. The highest BCUT2D eigenvalue weighted by atomic mass is 127. The van der Waals surface area contributed by atoms with Crippen molar-refractivity contribution in [2.75, 3.05) is 5.32 Å². The molecular weight excluding hydrogens is 522 g/mol. The first-order valence-corrected chi connectivity index (χ1v) is 7.34. The molecule has 1 aromatic rings. The minimum atomic E-state index is -0.230. The maximum Gasteiger partial charge on any atom is 0.163 e. The van der Waals surface area contributed by atoms with Gasteiger partial charge in [0.1, 0.15) is 23.9 Å². The van der Waals surface area contributed by atoms with E-state index in [1.165, 1.54) is 0 Å². The predicted octanol–water partition coefficient (Wildman–Crippen LogP) is 3.90. The number of rotatable bonds is 2. The van der Waals surface area contributed by atoms with Crippen LogP contribution in [-0.2, 0) is 0 Å². The Bertz CT molecular complexity index is 607. The summed E-state index contributed by atoms with van der Waals surface area (Å²) in [5.41, 5.74) is 0.434. The van der Waals surface area contributed by atoms with Crippen LogP contribution >= 0.6 is 61.1 Å². The molecule has 1 N–H and O–H groups in total. The van der Waals surface area contributed by atoms with Crippen molar-refractivity contribution in [3.05, 3.63) is 35.0 Å². The summed E-state index contributed by atoms with van der Waals surface area (Å²) >= 11 is 7.60. The Morgan fingerprint density at radius 2 is 1.56 bits per heavy atom. The van der Waals surface area contributed by atoms with Crippen LogP contribution in [-0.4, -0.2) is 0 Å². The van der Waals surface area contributed by atoms with Crippen LogP contribution < -0.4 is 5.32 Å². The molecule has 0 radical (unpaired) electrons. The summed E-state index contributed by atoms with van der Waals surface area (Å²) in [4.78, 5) is 0. The maximum absolute atomic E-state index is 8.97. The summed E-state index contributed by atoms with van der Waals surface area (Å²) in [7, 11) is 0. The lowest BCUT2D eigenvalue weighted by Gasteiger charge is -2.10. The van der Waals surface area contributed by atoms with Crippen LogP contribution in [0.2, 0.25) is 0 Å². The molecule has 0 amide bonds. The molecule has 4 nitrogen and oxygen atoms in total.